The van der Waals surface area contributed by atoms with Gasteiger partial charge in [-0.1, -0.05) is 23.7 Å². The van der Waals surface area contributed by atoms with Crippen molar-refractivity contribution in [2.75, 3.05) is 52.3 Å². The number of hydrogen-bond donors (Lipinski definition) is 2. The Balaban J connectivity index is 1.82. The largest absolute Gasteiger partial charge is 0.383 e. The number of benzene rings is 1. The molecule has 2 heterocycles. The van der Waals surface area contributed by atoms with Crippen LogP contribution in [0.4, 0.5) is 5.82 Å². The average Bonchev–Trinajstić information content (AvgIpc) is 3.24. The van der Waals surface area contributed by atoms with E-state index in [4.69, 9.17) is 20.9 Å². The number of amides is 1. The number of carbonyl (C=O) groups excluding carboxylic acids is 1. The molecule has 0 saturated carbocycles. The van der Waals surface area contributed by atoms with Crippen LogP contribution >= 0.6 is 11.6 Å². The van der Waals surface area contributed by atoms with Crippen LogP contribution in [-0.4, -0.2) is 62.9 Å². The van der Waals surface area contributed by atoms with E-state index in [9.17, 15) is 4.79 Å². The molecule has 3 rings (SSSR count). The van der Waals surface area contributed by atoms with Gasteiger partial charge >= 0.3 is 0 Å². The van der Waals surface area contributed by atoms with Gasteiger partial charge in [0, 0.05) is 37.3 Å². The summed E-state index contributed by atoms with van der Waals surface area (Å²) in [6.07, 6.45) is 1.05. The van der Waals surface area contributed by atoms with Gasteiger partial charge in [-0.3, -0.25) is 4.79 Å². The van der Waals surface area contributed by atoms with Crippen molar-refractivity contribution in [1.82, 2.24) is 15.4 Å². The number of nitrogens with one attached hydrogen (secondary N) is 2. The second-order valence-electron chi connectivity index (χ2n) is 7.64. The molecule has 1 aromatic carbocycles. The van der Waals surface area contributed by atoms with Crippen molar-refractivity contribution < 1.29 is 14.1 Å². The third kappa shape index (κ3) is 4.84. The quantitative estimate of drug-likeness (QED) is 0.656. The van der Waals surface area contributed by atoms with Gasteiger partial charge in [-0.05, 0) is 49.7 Å². The fraction of sp³-hybridized carbons (Fsp3) is 0.500. The molecule has 2 N–H and O–H groups in total. The van der Waals surface area contributed by atoms with Gasteiger partial charge in [-0.2, -0.15) is 0 Å². The van der Waals surface area contributed by atoms with E-state index in [0.29, 0.717) is 41.9 Å². The Morgan fingerprint density at radius 3 is 2.79 bits per heavy atom. The van der Waals surface area contributed by atoms with E-state index in [1.807, 2.05) is 12.1 Å². The summed E-state index contributed by atoms with van der Waals surface area (Å²) in [4.78, 5) is 15.4. The molecule has 0 aliphatic carbocycles. The van der Waals surface area contributed by atoms with E-state index in [1.54, 1.807) is 19.2 Å². The molecule has 0 radical (unpaired) electrons. The van der Waals surface area contributed by atoms with Gasteiger partial charge in [0.05, 0.1) is 6.61 Å². The van der Waals surface area contributed by atoms with Crippen LogP contribution in [-0.2, 0) is 4.74 Å². The number of hydrogen-bond acceptors (Lipinski definition) is 6. The number of rotatable bonds is 8. The number of likely N-dealkylation sites (tertiary alicyclic amines) is 1. The maximum absolute atomic E-state index is 13.1. The van der Waals surface area contributed by atoms with Crippen LogP contribution in [0.5, 0.6) is 0 Å². The topological polar surface area (TPSA) is 79.6 Å². The number of methoxy groups -OCH3 is 1. The molecule has 8 heteroatoms. The molecule has 7 nitrogen and oxygen atoms in total. The Kier molecular flexibility index (Phi) is 6.59. The Morgan fingerprint density at radius 1 is 1.39 bits per heavy atom. The molecule has 28 heavy (non-hydrogen) atoms. The summed E-state index contributed by atoms with van der Waals surface area (Å²) in [7, 11) is 3.72. The third-order valence-corrected chi connectivity index (χ3v) is 5.30. The minimum Gasteiger partial charge on any atom is -0.383 e. The van der Waals surface area contributed by atoms with E-state index in [0.717, 1.165) is 25.1 Å². The smallest absolute Gasteiger partial charge is 0.259 e. The van der Waals surface area contributed by atoms with Crippen molar-refractivity contribution in [3.63, 3.8) is 0 Å². The summed E-state index contributed by atoms with van der Waals surface area (Å²) < 4.78 is 10.6. The molecule has 1 unspecified atom stereocenters. The Bertz CT molecular complexity index is 808. The van der Waals surface area contributed by atoms with Crippen molar-refractivity contribution in [2.45, 2.75) is 13.3 Å². The molecule has 1 amide bonds. The van der Waals surface area contributed by atoms with Crippen LogP contribution in [0.15, 0.2) is 28.8 Å². The normalized spacial score (nSPS) is 19.7. The average molecular weight is 407 g/mol. The van der Waals surface area contributed by atoms with Crippen LogP contribution in [0.3, 0.4) is 0 Å². The summed E-state index contributed by atoms with van der Waals surface area (Å²) >= 11 is 5.98. The number of nitrogens with zero attached hydrogens (tertiary/aromatic N) is 2. The maximum atomic E-state index is 13.1. The van der Waals surface area contributed by atoms with Crippen molar-refractivity contribution in [2.24, 2.45) is 5.41 Å². The van der Waals surface area contributed by atoms with Crippen LogP contribution in [0, 0.1) is 5.41 Å². The molecule has 1 aromatic heterocycles. The first-order valence-electron chi connectivity index (χ1n) is 9.37. The zero-order chi connectivity index (χ0) is 20.1. The summed E-state index contributed by atoms with van der Waals surface area (Å²) in [5.74, 6) is 0.623. The predicted molar refractivity (Wildman–Crippen MR) is 110 cm³/mol. The number of aromatic nitrogens is 1. The van der Waals surface area contributed by atoms with E-state index in [-0.39, 0.29) is 11.3 Å². The fourth-order valence-corrected chi connectivity index (χ4v) is 3.61. The number of anilines is 1. The first kappa shape index (κ1) is 20.6. The van der Waals surface area contributed by atoms with Gasteiger partial charge in [-0.15, -0.1) is 0 Å². The van der Waals surface area contributed by atoms with Gasteiger partial charge in [0.1, 0.15) is 5.56 Å². The standard InChI is InChI=1S/C20H27ClN4O3/c1-20(8-10-25(2)13-20)12-23-19(26)16-17(14-4-6-15(21)7-5-14)28-24-18(16)22-9-11-27-3/h4-7H,8-13H2,1-3H3,(H,22,24)(H,23,26). The van der Waals surface area contributed by atoms with Gasteiger partial charge in [0.25, 0.3) is 5.91 Å². The lowest BCUT2D eigenvalue weighted by Crippen LogP contribution is -2.37. The van der Waals surface area contributed by atoms with Gasteiger partial charge in [-0.25, -0.2) is 0 Å². The number of ether oxygens (including phenoxy) is 1. The molecule has 0 bridgehead atoms. The fourth-order valence-electron chi connectivity index (χ4n) is 3.49. The molecule has 1 saturated heterocycles. The van der Waals surface area contributed by atoms with Crippen LogP contribution in [0.2, 0.25) is 5.02 Å². The highest BCUT2D eigenvalue weighted by atomic mass is 35.5. The van der Waals surface area contributed by atoms with Gasteiger partial charge in [0.15, 0.2) is 11.6 Å². The number of halogens is 1. The molecule has 1 fully saturated rings. The van der Waals surface area contributed by atoms with E-state index >= 15 is 0 Å². The Hall–Kier alpha value is -2.09. The minimum atomic E-state index is -0.207. The van der Waals surface area contributed by atoms with Crippen molar-refractivity contribution in [3.05, 3.63) is 34.9 Å². The molecule has 1 aliphatic rings. The minimum absolute atomic E-state index is 0.0612. The van der Waals surface area contributed by atoms with Crippen LogP contribution in [0.25, 0.3) is 11.3 Å². The Labute approximate surface area is 170 Å². The first-order valence-corrected chi connectivity index (χ1v) is 9.75. The molecule has 152 valence electrons. The lowest BCUT2D eigenvalue weighted by atomic mass is 9.89. The number of carbonyl (C=O) groups is 1. The van der Waals surface area contributed by atoms with E-state index in [2.05, 4.69) is 34.7 Å². The lowest BCUT2D eigenvalue weighted by Gasteiger charge is -2.24. The second kappa shape index (κ2) is 8.94. The highest BCUT2D eigenvalue weighted by Gasteiger charge is 2.33. The lowest BCUT2D eigenvalue weighted by molar-refractivity contribution is 0.0935. The van der Waals surface area contributed by atoms with Crippen molar-refractivity contribution >= 4 is 23.3 Å². The summed E-state index contributed by atoms with van der Waals surface area (Å²) in [5.41, 5.74) is 1.20. The van der Waals surface area contributed by atoms with Gasteiger partial charge < -0.3 is 24.8 Å². The predicted octanol–water partition coefficient (Wildman–Crippen LogP) is 3.12. The van der Waals surface area contributed by atoms with E-state index < -0.39 is 0 Å². The SMILES string of the molecule is COCCNc1noc(-c2ccc(Cl)cc2)c1C(=O)NCC1(C)CCN(C)C1. The Morgan fingerprint density at radius 2 is 2.14 bits per heavy atom. The third-order valence-electron chi connectivity index (χ3n) is 5.05. The molecule has 0 spiro atoms. The van der Waals surface area contributed by atoms with Crippen LogP contribution < -0.4 is 10.6 Å². The van der Waals surface area contributed by atoms with Crippen molar-refractivity contribution in [1.29, 1.82) is 0 Å². The maximum Gasteiger partial charge on any atom is 0.259 e. The second-order valence-corrected chi connectivity index (χ2v) is 8.08. The van der Waals surface area contributed by atoms with E-state index in [1.165, 1.54) is 0 Å². The van der Waals surface area contributed by atoms with Crippen molar-refractivity contribution in [3.8, 4) is 11.3 Å². The molecule has 2 aromatic rings. The monoisotopic (exact) mass is 406 g/mol. The molecular formula is C20H27ClN4O3. The highest BCUT2D eigenvalue weighted by molar-refractivity contribution is 6.30. The zero-order valence-corrected chi connectivity index (χ0v) is 17.3. The molecule has 1 atom stereocenters. The van der Waals surface area contributed by atoms with Gasteiger partial charge in [0.2, 0.25) is 0 Å². The molecular weight excluding hydrogens is 380 g/mol. The van der Waals surface area contributed by atoms with Crippen LogP contribution in [0.1, 0.15) is 23.7 Å². The summed E-state index contributed by atoms with van der Waals surface area (Å²) in [6, 6.07) is 7.14. The summed E-state index contributed by atoms with van der Waals surface area (Å²) in [6.45, 7) is 5.81. The first-order chi connectivity index (χ1) is 13.4. The zero-order valence-electron chi connectivity index (χ0n) is 16.5. The highest BCUT2D eigenvalue weighted by Crippen LogP contribution is 2.31. The molecule has 1 aliphatic heterocycles. The summed E-state index contributed by atoms with van der Waals surface area (Å²) in [5, 5.41) is 10.9.